The number of ether oxygens (including phenoxy) is 2. The number of amides is 2. The van der Waals surface area contributed by atoms with E-state index in [1.54, 1.807) is 0 Å². The molecule has 21 heavy (non-hydrogen) atoms. The lowest BCUT2D eigenvalue weighted by atomic mass is 10.1. The van der Waals surface area contributed by atoms with Gasteiger partial charge in [-0.3, -0.25) is 0 Å². The summed E-state index contributed by atoms with van der Waals surface area (Å²) in [6.07, 6.45) is 0.880. The van der Waals surface area contributed by atoms with Crippen LogP contribution in [-0.2, 0) is 11.2 Å². The van der Waals surface area contributed by atoms with E-state index in [9.17, 15) is 4.79 Å². The molecule has 5 nitrogen and oxygen atoms in total. The predicted octanol–water partition coefficient (Wildman–Crippen LogP) is 1.81. The second kappa shape index (κ2) is 5.56. The van der Waals surface area contributed by atoms with Crippen LogP contribution in [0.5, 0.6) is 5.75 Å². The second-order valence-electron chi connectivity index (χ2n) is 6.27. The quantitative estimate of drug-likeness (QED) is 0.904. The van der Waals surface area contributed by atoms with E-state index < -0.39 is 0 Å². The van der Waals surface area contributed by atoms with Crippen molar-refractivity contribution in [3.8, 4) is 5.75 Å². The first kappa shape index (κ1) is 14.2. The molecule has 1 saturated heterocycles. The summed E-state index contributed by atoms with van der Waals surface area (Å²) in [6, 6.07) is 7.99. The third-order valence-corrected chi connectivity index (χ3v) is 3.91. The number of fused-ring (bicyclic) bond motifs is 1. The van der Waals surface area contributed by atoms with E-state index in [1.807, 2.05) is 36.9 Å². The van der Waals surface area contributed by atoms with E-state index in [4.69, 9.17) is 9.47 Å². The van der Waals surface area contributed by atoms with Gasteiger partial charge in [-0.15, -0.1) is 0 Å². The van der Waals surface area contributed by atoms with Gasteiger partial charge in [0.1, 0.15) is 11.9 Å². The molecule has 2 aliphatic heterocycles. The van der Waals surface area contributed by atoms with Crippen molar-refractivity contribution < 1.29 is 14.3 Å². The molecule has 2 heterocycles. The van der Waals surface area contributed by atoms with Gasteiger partial charge < -0.3 is 19.7 Å². The van der Waals surface area contributed by atoms with Gasteiger partial charge in [-0.25, -0.2) is 4.79 Å². The first-order valence-corrected chi connectivity index (χ1v) is 7.45. The number of hydrogen-bond donors (Lipinski definition) is 1. The zero-order valence-corrected chi connectivity index (χ0v) is 12.6. The van der Waals surface area contributed by atoms with Crippen molar-refractivity contribution in [3.63, 3.8) is 0 Å². The van der Waals surface area contributed by atoms with Crippen LogP contribution in [0.1, 0.15) is 19.4 Å². The number of morpholine rings is 1. The van der Waals surface area contributed by atoms with Crippen LogP contribution < -0.4 is 10.1 Å². The Labute approximate surface area is 125 Å². The number of nitrogens with one attached hydrogen (secondary N) is 1. The first-order valence-electron chi connectivity index (χ1n) is 7.45. The molecule has 1 atom stereocenters. The topological polar surface area (TPSA) is 50.8 Å². The molecule has 0 radical (unpaired) electrons. The van der Waals surface area contributed by atoms with E-state index in [0.717, 1.165) is 12.2 Å². The highest BCUT2D eigenvalue weighted by Crippen LogP contribution is 2.27. The van der Waals surface area contributed by atoms with Crippen molar-refractivity contribution in [1.82, 2.24) is 10.2 Å². The molecule has 1 aromatic rings. The normalized spacial score (nSPS) is 23.3. The van der Waals surface area contributed by atoms with Gasteiger partial charge >= 0.3 is 6.03 Å². The molecular weight excluding hydrogens is 268 g/mol. The Kier molecular flexibility index (Phi) is 3.76. The number of hydrogen-bond acceptors (Lipinski definition) is 3. The number of rotatable bonds is 2. The Morgan fingerprint density at radius 3 is 3.00 bits per heavy atom. The maximum atomic E-state index is 12.2. The summed E-state index contributed by atoms with van der Waals surface area (Å²) in [5.41, 5.74) is 0.944. The maximum absolute atomic E-state index is 12.2. The molecule has 0 aliphatic carbocycles. The summed E-state index contributed by atoms with van der Waals surface area (Å²) in [6.45, 7) is 6.38. The summed E-state index contributed by atoms with van der Waals surface area (Å²) in [4.78, 5) is 14.0. The van der Waals surface area contributed by atoms with Crippen LogP contribution in [0.25, 0.3) is 0 Å². The summed E-state index contributed by atoms with van der Waals surface area (Å²) >= 11 is 0. The molecule has 0 saturated carbocycles. The van der Waals surface area contributed by atoms with Crippen molar-refractivity contribution in [2.24, 2.45) is 0 Å². The fourth-order valence-corrected chi connectivity index (χ4v) is 2.87. The average molecular weight is 290 g/mol. The molecular formula is C16H22N2O3. The lowest BCUT2D eigenvalue weighted by Gasteiger charge is -2.38. The summed E-state index contributed by atoms with van der Waals surface area (Å²) in [5.74, 6) is 0.934. The second-order valence-corrected chi connectivity index (χ2v) is 6.27. The fourth-order valence-electron chi connectivity index (χ4n) is 2.87. The van der Waals surface area contributed by atoms with Crippen molar-refractivity contribution in [3.05, 3.63) is 29.8 Å². The summed E-state index contributed by atoms with van der Waals surface area (Å²) < 4.78 is 11.4. The van der Waals surface area contributed by atoms with Gasteiger partial charge in [-0.05, 0) is 25.5 Å². The number of para-hydroxylation sites is 1. The Morgan fingerprint density at radius 2 is 2.24 bits per heavy atom. The van der Waals surface area contributed by atoms with Crippen molar-refractivity contribution >= 4 is 6.03 Å². The molecule has 2 aliphatic rings. The van der Waals surface area contributed by atoms with Gasteiger partial charge in [0.25, 0.3) is 0 Å². The highest BCUT2D eigenvalue weighted by Gasteiger charge is 2.30. The number of carbonyl (C=O) groups excluding carboxylic acids is 1. The number of nitrogens with zero attached hydrogens (tertiary/aromatic N) is 1. The molecule has 5 heteroatoms. The molecule has 3 rings (SSSR count). The largest absolute Gasteiger partial charge is 0.488 e. The lowest BCUT2D eigenvalue weighted by Crippen LogP contribution is -2.54. The molecule has 0 spiro atoms. The van der Waals surface area contributed by atoms with Crippen LogP contribution in [-0.4, -0.2) is 48.9 Å². The molecule has 1 fully saturated rings. The van der Waals surface area contributed by atoms with Crippen molar-refractivity contribution in [1.29, 1.82) is 0 Å². The maximum Gasteiger partial charge on any atom is 0.317 e. The minimum absolute atomic E-state index is 0.0281. The smallest absolute Gasteiger partial charge is 0.317 e. The van der Waals surface area contributed by atoms with E-state index in [-0.39, 0.29) is 17.7 Å². The van der Waals surface area contributed by atoms with Gasteiger partial charge in [0.15, 0.2) is 0 Å². The van der Waals surface area contributed by atoms with E-state index in [0.29, 0.717) is 26.2 Å². The number of urea groups is 1. The van der Waals surface area contributed by atoms with Crippen LogP contribution in [0.2, 0.25) is 0 Å². The molecule has 114 valence electrons. The Bertz CT molecular complexity index is 505. The minimum Gasteiger partial charge on any atom is -0.488 e. The van der Waals surface area contributed by atoms with E-state index in [2.05, 4.69) is 11.4 Å². The fraction of sp³-hybridized carbons (Fsp3) is 0.562. The number of carbonyl (C=O) groups is 1. The standard InChI is InChI=1S/C16H22N2O3/c1-16(2)11-18(7-8-20-16)15(19)17-10-13-9-12-5-3-4-6-14(12)21-13/h3-6,13H,7-11H2,1-2H3,(H,17,19)/t13-/m0/s1. The monoisotopic (exact) mass is 290 g/mol. The summed E-state index contributed by atoms with van der Waals surface area (Å²) in [7, 11) is 0. The van der Waals surface area contributed by atoms with Gasteiger partial charge in [0.05, 0.1) is 25.3 Å². The molecule has 1 N–H and O–H groups in total. The zero-order chi connectivity index (χ0) is 14.9. The van der Waals surface area contributed by atoms with Crippen LogP contribution in [0, 0.1) is 0 Å². The molecule has 0 bridgehead atoms. The zero-order valence-electron chi connectivity index (χ0n) is 12.6. The highest BCUT2D eigenvalue weighted by atomic mass is 16.5. The van der Waals surface area contributed by atoms with Crippen LogP contribution in [0.4, 0.5) is 4.79 Å². The molecule has 2 amide bonds. The average Bonchev–Trinajstić information content (AvgIpc) is 2.86. The van der Waals surface area contributed by atoms with E-state index in [1.165, 1.54) is 5.56 Å². The third-order valence-electron chi connectivity index (χ3n) is 3.91. The van der Waals surface area contributed by atoms with Crippen molar-refractivity contribution in [2.45, 2.75) is 32.0 Å². The summed E-state index contributed by atoms with van der Waals surface area (Å²) in [5, 5.41) is 2.97. The van der Waals surface area contributed by atoms with Crippen LogP contribution >= 0.6 is 0 Å². The van der Waals surface area contributed by atoms with E-state index >= 15 is 0 Å². The predicted molar refractivity (Wildman–Crippen MR) is 79.6 cm³/mol. The lowest BCUT2D eigenvalue weighted by molar-refractivity contribution is -0.0734. The van der Waals surface area contributed by atoms with Crippen LogP contribution in [0.15, 0.2) is 24.3 Å². The minimum atomic E-state index is -0.268. The molecule has 0 aromatic heterocycles. The van der Waals surface area contributed by atoms with Crippen molar-refractivity contribution in [2.75, 3.05) is 26.2 Å². The van der Waals surface area contributed by atoms with Gasteiger partial charge in [-0.2, -0.15) is 0 Å². The van der Waals surface area contributed by atoms with Crippen LogP contribution in [0.3, 0.4) is 0 Å². The molecule has 0 unspecified atom stereocenters. The Balaban J connectivity index is 1.49. The molecule has 1 aromatic carbocycles. The highest BCUT2D eigenvalue weighted by molar-refractivity contribution is 5.74. The van der Waals surface area contributed by atoms with Gasteiger partial charge in [-0.1, -0.05) is 18.2 Å². The van der Waals surface area contributed by atoms with Gasteiger partial charge in [0, 0.05) is 13.0 Å². The Morgan fingerprint density at radius 1 is 1.43 bits per heavy atom. The van der Waals surface area contributed by atoms with Gasteiger partial charge in [0.2, 0.25) is 0 Å². The first-order chi connectivity index (χ1) is 10.0. The SMILES string of the molecule is CC1(C)CN(C(=O)NC[C@@H]2Cc3ccccc3O2)CCO1. The third kappa shape index (κ3) is 3.29. The number of benzene rings is 1. The Hall–Kier alpha value is -1.75.